The molecule has 0 aromatic carbocycles. The summed E-state index contributed by atoms with van der Waals surface area (Å²) in [4.78, 5) is 23.2. The largest absolute Gasteiger partial charge is 0.461 e. The third kappa shape index (κ3) is 4.70. The van der Waals surface area contributed by atoms with Crippen LogP contribution in [0.3, 0.4) is 0 Å². The summed E-state index contributed by atoms with van der Waals surface area (Å²) < 4.78 is 29.4. The van der Waals surface area contributed by atoms with Crippen molar-refractivity contribution >= 4 is 12.1 Å². The topological polar surface area (TPSA) is 138 Å². The fraction of sp³-hybridized carbons (Fsp3) is 0.688. The van der Waals surface area contributed by atoms with E-state index in [2.05, 4.69) is 15.8 Å². The van der Waals surface area contributed by atoms with E-state index in [1.807, 2.05) is 0 Å². The molecule has 2 aliphatic rings. The molecule has 0 radical (unpaired) electrons. The first-order valence-electron chi connectivity index (χ1n) is 8.42. The summed E-state index contributed by atoms with van der Waals surface area (Å²) in [6.45, 7) is 3.32. The van der Waals surface area contributed by atoms with Gasteiger partial charge in [0.1, 0.15) is 5.67 Å². The SMILES string of the molecule is CCOC(=O)c1cc(COC(=O)NC[C@@]2(F)C[C@H]3CNC[C@H]3C2)on1.N. The monoisotopic (exact) mass is 372 g/mol. The Balaban J connectivity index is 0.00000243. The Labute approximate surface area is 150 Å². The van der Waals surface area contributed by atoms with Crippen LogP contribution in [-0.2, 0) is 16.1 Å². The van der Waals surface area contributed by atoms with Gasteiger partial charge in [-0.05, 0) is 44.7 Å². The van der Waals surface area contributed by atoms with Crippen molar-refractivity contribution in [3.05, 3.63) is 17.5 Å². The van der Waals surface area contributed by atoms with Crippen LogP contribution in [0.25, 0.3) is 0 Å². The van der Waals surface area contributed by atoms with E-state index in [4.69, 9.17) is 14.0 Å². The van der Waals surface area contributed by atoms with Crippen molar-refractivity contribution in [2.75, 3.05) is 26.2 Å². The van der Waals surface area contributed by atoms with Crippen LogP contribution in [-0.4, -0.2) is 49.1 Å². The number of alkyl carbamates (subject to hydrolysis) is 1. The van der Waals surface area contributed by atoms with E-state index in [0.29, 0.717) is 24.7 Å². The lowest BCUT2D eigenvalue weighted by atomic mass is 10.0. The van der Waals surface area contributed by atoms with E-state index in [1.165, 1.54) is 6.07 Å². The number of nitrogens with zero attached hydrogens (tertiary/aromatic N) is 1. The molecule has 5 N–H and O–H groups in total. The molecule has 10 heteroatoms. The van der Waals surface area contributed by atoms with Crippen LogP contribution >= 0.6 is 0 Å². The molecule has 1 aliphatic carbocycles. The van der Waals surface area contributed by atoms with Crippen molar-refractivity contribution in [2.24, 2.45) is 11.8 Å². The zero-order valence-electron chi connectivity index (χ0n) is 14.8. The zero-order valence-corrected chi connectivity index (χ0v) is 14.8. The van der Waals surface area contributed by atoms with Gasteiger partial charge in [-0.1, -0.05) is 5.16 Å². The zero-order chi connectivity index (χ0) is 17.9. The van der Waals surface area contributed by atoms with Gasteiger partial charge in [-0.2, -0.15) is 0 Å². The maximum Gasteiger partial charge on any atom is 0.407 e. The molecule has 1 amide bonds. The fourth-order valence-corrected chi connectivity index (χ4v) is 3.53. The normalized spacial score (nSPS) is 26.7. The molecule has 2 heterocycles. The van der Waals surface area contributed by atoms with Crippen LogP contribution in [0.2, 0.25) is 0 Å². The minimum Gasteiger partial charge on any atom is -0.461 e. The van der Waals surface area contributed by atoms with Gasteiger partial charge in [0.15, 0.2) is 18.1 Å². The number of esters is 1. The highest BCUT2D eigenvalue weighted by Gasteiger charge is 2.47. The lowest BCUT2D eigenvalue weighted by Gasteiger charge is -2.20. The Morgan fingerprint density at radius 1 is 1.38 bits per heavy atom. The van der Waals surface area contributed by atoms with E-state index in [0.717, 1.165) is 13.1 Å². The minimum absolute atomic E-state index is 0. The van der Waals surface area contributed by atoms with E-state index in [-0.39, 0.29) is 37.4 Å². The van der Waals surface area contributed by atoms with Crippen molar-refractivity contribution in [1.29, 1.82) is 0 Å². The molecule has 9 nitrogen and oxygen atoms in total. The van der Waals surface area contributed by atoms with Crippen LogP contribution in [0.5, 0.6) is 0 Å². The van der Waals surface area contributed by atoms with Gasteiger partial charge in [0.25, 0.3) is 0 Å². The van der Waals surface area contributed by atoms with Gasteiger partial charge < -0.3 is 30.8 Å². The fourth-order valence-electron chi connectivity index (χ4n) is 3.53. The summed E-state index contributed by atoms with van der Waals surface area (Å²) in [6.07, 6.45) is 0.174. The number of hydrogen-bond acceptors (Lipinski definition) is 8. The molecule has 0 unspecified atom stereocenters. The number of nitrogens with one attached hydrogen (secondary N) is 2. The second-order valence-electron chi connectivity index (χ2n) is 6.57. The van der Waals surface area contributed by atoms with Crippen LogP contribution in [0.1, 0.15) is 36.0 Å². The first-order valence-corrected chi connectivity index (χ1v) is 8.42. The quantitative estimate of drug-likeness (QED) is 0.640. The molecule has 1 aromatic heterocycles. The molecule has 0 spiro atoms. The van der Waals surface area contributed by atoms with Crippen molar-refractivity contribution in [3.8, 4) is 0 Å². The van der Waals surface area contributed by atoms with Gasteiger partial charge in [-0.3, -0.25) is 0 Å². The van der Waals surface area contributed by atoms with Gasteiger partial charge in [0.2, 0.25) is 0 Å². The van der Waals surface area contributed by atoms with Gasteiger partial charge in [0, 0.05) is 6.07 Å². The Kier molecular flexibility index (Phi) is 6.54. The molecule has 26 heavy (non-hydrogen) atoms. The highest BCUT2D eigenvalue weighted by atomic mass is 19.1. The number of alkyl halides is 1. The van der Waals surface area contributed by atoms with Crippen molar-refractivity contribution < 1.29 is 28.0 Å². The molecular formula is C16H25FN4O5. The van der Waals surface area contributed by atoms with Gasteiger partial charge >= 0.3 is 12.1 Å². The molecule has 2 fully saturated rings. The third-order valence-corrected chi connectivity index (χ3v) is 4.67. The summed E-state index contributed by atoms with van der Waals surface area (Å²) in [5.74, 6) is 0.286. The lowest BCUT2D eigenvalue weighted by Crippen LogP contribution is -2.39. The molecule has 1 aromatic rings. The Bertz CT molecular complexity index is 626. The number of fused-ring (bicyclic) bond motifs is 1. The molecule has 146 valence electrons. The summed E-state index contributed by atoms with van der Waals surface area (Å²) in [5, 5.41) is 9.26. The number of aromatic nitrogens is 1. The number of rotatable bonds is 6. The van der Waals surface area contributed by atoms with Crippen molar-refractivity contribution in [3.63, 3.8) is 0 Å². The second-order valence-corrected chi connectivity index (χ2v) is 6.57. The van der Waals surface area contributed by atoms with E-state index in [9.17, 15) is 14.0 Å². The number of ether oxygens (including phenoxy) is 2. The van der Waals surface area contributed by atoms with E-state index >= 15 is 0 Å². The Hall–Kier alpha value is -2.20. The molecule has 1 aliphatic heterocycles. The first-order chi connectivity index (χ1) is 12.0. The second kappa shape index (κ2) is 8.45. The van der Waals surface area contributed by atoms with Gasteiger partial charge in [0.05, 0.1) is 13.2 Å². The molecular weight excluding hydrogens is 347 g/mol. The maximum atomic E-state index is 14.7. The average molecular weight is 372 g/mol. The summed E-state index contributed by atoms with van der Waals surface area (Å²) in [6, 6.07) is 1.34. The van der Waals surface area contributed by atoms with Crippen LogP contribution in [0.15, 0.2) is 10.6 Å². The number of carbonyl (C=O) groups excluding carboxylic acids is 2. The maximum absolute atomic E-state index is 14.7. The van der Waals surface area contributed by atoms with Crippen LogP contribution in [0.4, 0.5) is 9.18 Å². The number of hydrogen-bond donors (Lipinski definition) is 3. The first kappa shape index (κ1) is 20.1. The molecule has 1 saturated carbocycles. The number of amides is 1. The Morgan fingerprint density at radius 2 is 2.08 bits per heavy atom. The summed E-state index contributed by atoms with van der Waals surface area (Å²) >= 11 is 0. The summed E-state index contributed by atoms with van der Waals surface area (Å²) in [7, 11) is 0. The Morgan fingerprint density at radius 3 is 2.73 bits per heavy atom. The standard InChI is InChI=1S/C16H22FN3O5.H3N/c1-2-23-14(21)13-3-12(25-20-13)8-24-15(22)19-9-16(17)4-10-6-18-7-11(10)5-16;/h3,10-11,18H,2,4-9H2,1H3,(H,19,22);1H3/t10-,11+,16+;. The third-order valence-electron chi connectivity index (χ3n) is 4.67. The highest BCUT2D eigenvalue weighted by Crippen LogP contribution is 2.43. The lowest BCUT2D eigenvalue weighted by molar-refractivity contribution is 0.0514. The minimum atomic E-state index is -1.38. The predicted octanol–water partition coefficient (Wildman–Crippen LogP) is 1.58. The van der Waals surface area contributed by atoms with Crippen LogP contribution < -0.4 is 16.8 Å². The van der Waals surface area contributed by atoms with Gasteiger partial charge in [-0.15, -0.1) is 0 Å². The van der Waals surface area contributed by atoms with Crippen molar-refractivity contribution in [2.45, 2.75) is 32.0 Å². The molecule has 3 rings (SSSR count). The van der Waals surface area contributed by atoms with Crippen molar-refractivity contribution in [1.82, 2.24) is 21.9 Å². The van der Waals surface area contributed by atoms with Crippen LogP contribution in [0, 0.1) is 11.8 Å². The number of carbonyl (C=O) groups is 2. The smallest absolute Gasteiger partial charge is 0.407 e. The number of halogens is 1. The van der Waals surface area contributed by atoms with E-state index < -0.39 is 17.7 Å². The summed E-state index contributed by atoms with van der Waals surface area (Å²) in [5.41, 5.74) is -1.37. The average Bonchev–Trinajstić information content (AvgIpc) is 3.26. The van der Waals surface area contributed by atoms with Gasteiger partial charge in [-0.25, -0.2) is 14.0 Å². The highest BCUT2D eigenvalue weighted by molar-refractivity contribution is 5.87. The molecule has 1 saturated heterocycles. The van der Waals surface area contributed by atoms with E-state index in [1.54, 1.807) is 6.92 Å². The molecule has 3 atom stereocenters. The predicted molar refractivity (Wildman–Crippen MR) is 88.6 cm³/mol. The molecule has 0 bridgehead atoms.